The van der Waals surface area contributed by atoms with Crippen molar-refractivity contribution in [1.82, 2.24) is 9.29 Å². The molecule has 34 heavy (non-hydrogen) atoms. The summed E-state index contributed by atoms with van der Waals surface area (Å²) < 4.78 is 28.7. The topological polar surface area (TPSA) is 123 Å². The lowest BCUT2D eigenvalue weighted by atomic mass is 10.1. The molecule has 9 nitrogen and oxygen atoms in total. The molecule has 0 radical (unpaired) electrons. The molecule has 2 aromatic carbocycles. The lowest BCUT2D eigenvalue weighted by molar-refractivity contribution is -0.385. The molecule has 3 aromatic rings. The van der Waals surface area contributed by atoms with Gasteiger partial charge in [0.1, 0.15) is 5.56 Å². The molecule has 0 aliphatic carbocycles. The molecular formula is C22H25ClN4O5S2. The number of anilines is 1. The summed E-state index contributed by atoms with van der Waals surface area (Å²) in [7, 11) is -3.72. The summed E-state index contributed by atoms with van der Waals surface area (Å²) in [5.41, 5.74) is -0.0797. The van der Waals surface area contributed by atoms with Gasteiger partial charge in [-0.25, -0.2) is 13.4 Å². The minimum Gasteiger partial charge on any atom is -0.298 e. The molecule has 1 amide bonds. The van der Waals surface area contributed by atoms with Crippen molar-refractivity contribution in [3.05, 3.63) is 57.1 Å². The van der Waals surface area contributed by atoms with E-state index in [1.165, 1.54) is 28.6 Å². The Labute approximate surface area is 207 Å². The lowest BCUT2D eigenvalue weighted by Crippen LogP contribution is -2.37. The van der Waals surface area contributed by atoms with Gasteiger partial charge >= 0.3 is 0 Å². The van der Waals surface area contributed by atoms with E-state index in [1.807, 2.05) is 27.7 Å². The summed E-state index contributed by atoms with van der Waals surface area (Å²) in [5, 5.41) is 14.2. The van der Waals surface area contributed by atoms with Crippen LogP contribution >= 0.6 is 22.9 Å². The molecule has 182 valence electrons. The molecule has 0 atom stereocenters. The van der Waals surface area contributed by atoms with E-state index < -0.39 is 20.9 Å². The van der Waals surface area contributed by atoms with Crippen LogP contribution in [0.4, 0.5) is 10.8 Å². The highest BCUT2D eigenvalue weighted by Gasteiger charge is 2.27. The third-order valence-electron chi connectivity index (χ3n) is 4.76. The van der Waals surface area contributed by atoms with Crippen LogP contribution in [0, 0.1) is 22.0 Å². The molecule has 0 aliphatic heterocycles. The van der Waals surface area contributed by atoms with E-state index in [-0.39, 0.29) is 38.1 Å². The number of rotatable bonds is 9. The quantitative estimate of drug-likeness (QED) is 0.295. The van der Waals surface area contributed by atoms with Crippen LogP contribution in [0.1, 0.15) is 38.1 Å². The predicted octanol–water partition coefficient (Wildman–Crippen LogP) is 5.41. The Balaban J connectivity index is 1.92. The van der Waals surface area contributed by atoms with Gasteiger partial charge in [0, 0.05) is 24.2 Å². The summed E-state index contributed by atoms with van der Waals surface area (Å²) >= 11 is 6.98. The molecular weight excluding hydrogens is 500 g/mol. The fraction of sp³-hybridized carbons (Fsp3) is 0.364. The van der Waals surface area contributed by atoms with Crippen molar-refractivity contribution in [2.24, 2.45) is 11.8 Å². The Kier molecular flexibility index (Phi) is 7.91. The number of carbonyl (C=O) groups is 1. The van der Waals surface area contributed by atoms with Gasteiger partial charge in [0.25, 0.3) is 11.6 Å². The molecule has 3 rings (SSSR count). The van der Waals surface area contributed by atoms with Gasteiger partial charge in [0.2, 0.25) is 10.0 Å². The van der Waals surface area contributed by atoms with Crippen LogP contribution < -0.4 is 5.32 Å². The number of benzene rings is 2. The normalized spacial score (nSPS) is 12.1. The number of thiazole rings is 1. The first-order chi connectivity index (χ1) is 15.9. The average molecular weight is 525 g/mol. The molecule has 0 aliphatic rings. The van der Waals surface area contributed by atoms with Crippen LogP contribution in [0.25, 0.3) is 10.2 Å². The molecule has 0 saturated carbocycles. The SMILES string of the molecule is CC(C)CN(CC(C)C)S(=O)(=O)c1ccc2nc(NC(=O)c3cc(Cl)ccc3[N+](=O)[O-])sc2c1. The number of nitro groups is 1. The number of nitro benzene ring substituents is 1. The zero-order valence-corrected chi connectivity index (χ0v) is 21.5. The Morgan fingerprint density at radius 2 is 1.79 bits per heavy atom. The number of halogens is 1. The third-order valence-corrected chi connectivity index (χ3v) is 7.75. The first kappa shape index (κ1) is 26.0. The Bertz CT molecular complexity index is 1330. The highest BCUT2D eigenvalue weighted by atomic mass is 35.5. The summed E-state index contributed by atoms with van der Waals surface area (Å²) in [4.78, 5) is 27.7. The predicted molar refractivity (Wildman–Crippen MR) is 134 cm³/mol. The van der Waals surface area contributed by atoms with Gasteiger partial charge in [-0.05, 0) is 42.2 Å². The number of fused-ring (bicyclic) bond motifs is 1. The Morgan fingerprint density at radius 3 is 2.38 bits per heavy atom. The van der Waals surface area contributed by atoms with E-state index in [0.29, 0.717) is 23.3 Å². The second kappa shape index (κ2) is 10.3. The van der Waals surface area contributed by atoms with Crippen molar-refractivity contribution in [1.29, 1.82) is 0 Å². The molecule has 0 unspecified atom stereocenters. The molecule has 0 saturated heterocycles. The van der Waals surface area contributed by atoms with Gasteiger partial charge in [0.05, 0.1) is 20.0 Å². The highest BCUT2D eigenvalue weighted by molar-refractivity contribution is 7.89. The van der Waals surface area contributed by atoms with Gasteiger partial charge in [0.15, 0.2) is 5.13 Å². The first-order valence-electron chi connectivity index (χ1n) is 10.5. The third kappa shape index (κ3) is 5.90. The maximum absolute atomic E-state index is 13.3. The van der Waals surface area contributed by atoms with Crippen LogP contribution in [0.5, 0.6) is 0 Å². The van der Waals surface area contributed by atoms with Gasteiger partial charge in [-0.1, -0.05) is 50.6 Å². The van der Waals surface area contributed by atoms with E-state index in [4.69, 9.17) is 11.6 Å². The highest BCUT2D eigenvalue weighted by Crippen LogP contribution is 2.31. The fourth-order valence-electron chi connectivity index (χ4n) is 3.37. The summed E-state index contributed by atoms with van der Waals surface area (Å²) in [6.07, 6.45) is 0. The molecule has 0 fully saturated rings. The van der Waals surface area contributed by atoms with Crippen molar-refractivity contribution in [3.63, 3.8) is 0 Å². The maximum Gasteiger partial charge on any atom is 0.282 e. The van der Waals surface area contributed by atoms with Crippen LogP contribution in [0.2, 0.25) is 5.02 Å². The van der Waals surface area contributed by atoms with Crippen molar-refractivity contribution in [2.45, 2.75) is 32.6 Å². The Morgan fingerprint density at radius 1 is 1.15 bits per heavy atom. The van der Waals surface area contributed by atoms with Crippen molar-refractivity contribution >= 4 is 59.9 Å². The van der Waals surface area contributed by atoms with E-state index in [0.717, 1.165) is 17.4 Å². The number of aromatic nitrogens is 1. The molecule has 1 N–H and O–H groups in total. The number of hydrogen-bond acceptors (Lipinski definition) is 7. The van der Waals surface area contributed by atoms with Crippen molar-refractivity contribution in [2.75, 3.05) is 18.4 Å². The molecule has 1 aromatic heterocycles. The number of amides is 1. The number of sulfonamides is 1. The van der Waals surface area contributed by atoms with E-state index in [2.05, 4.69) is 10.3 Å². The van der Waals surface area contributed by atoms with Gasteiger partial charge in [-0.2, -0.15) is 4.31 Å². The largest absolute Gasteiger partial charge is 0.298 e. The molecule has 0 bridgehead atoms. The molecule has 1 heterocycles. The smallest absolute Gasteiger partial charge is 0.282 e. The number of nitrogens with one attached hydrogen (secondary N) is 1. The first-order valence-corrected chi connectivity index (χ1v) is 13.2. The van der Waals surface area contributed by atoms with E-state index in [9.17, 15) is 23.3 Å². The number of nitrogens with zero attached hydrogens (tertiary/aromatic N) is 3. The average Bonchev–Trinajstić information content (AvgIpc) is 3.13. The van der Waals surface area contributed by atoms with E-state index in [1.54, 1.807) is 6.07 Å². The van der Waals surface area contributed by atoms with Gasteiger partial charge in [-0.15, -0.1) is 0 Å². The monoisotopic (exact) mass is 524 g/mol. The fourth-order valence-corrected chi connectivity index (χ4v) is 6.31. The van der Waals surface area contributed by atoms with Gasteiger partial charge in [-0.3, -0.25) is 20.2 Å². The van der Waals surface area contributed by atoms with Crippen molar-refractivity contribution in [3.8, 4) is 0 Å². The van der Waals surface area contributed by atoms with E-state index >= 15 is 0 Å². The maximum atomic E-state index is 13.3. The number of hydrogen-bond donors (Lipinski definition) is 1. The second-order valence-corrected chi connectivity index (χ2v) is 12.0. The van der Waals surface area contributed by atoms with Crippen LogP contribution in [-0.2, 0) is 10.0 Å². The van der Waals surface area contributed by atoms with Crippen molar-refractivity contribution < 1.29 is 18.1 Å². The molecule has 12 heteroatoms. The minimum atomic E-state index is -3.72. The number of carbonyl (C=O) groups excluding carboxylic acids is 1. The summed E-state index contributed by atoms with van der Waals surface area (Å²) in [5.74, 6) is -0.405. The second-order valence-electron chi connectivity index (χ2n) is 8.63. The summed E-state index contributed by atoms with van der Waals surface area (Å²) in [6.45, 7) is 8.67. The zero-order valence-electron chi connectivity index (χ0n) is 19.1. The lowest BCUT2D eigenvalue weighted by Gasteiger charge is -2.25. The van der Waals surface area contributed by atoms with Crippen LogP contribution in [-0.4, -0.2) is 41.6 Å². The minimum absolute atomic E-state index is 0.147. The zero-order chi connectivity index (χ0) is 25.2. The standard InChI is InChI=1S/C22H25ClN4O5S2/c1-13(2)11-26(12-14(3)4)34(31,32)16-6-7-18-20(10-16)33-22(24-18)25-21(28)17-9-15(23)5-8-19(17)27(29)30/h5-10,13-14H,11-12H2,1-4H3,(H,24,25,28). The van der Waals surface area contributed by atoms with Crippen LogP contribution in [0.3, 0.4) is 0 Å². The summed E-state index contributed by atoms with van der Waals surface area (Å²) in [6, 6.07) is 8.32. The van der Waals surface area contributed by atoms with Crippen LogP contribution in [0.15, 0.2) is 41.3 Å². The Hall–Kier alpha value is -2.60. The van der Waals surface area contributed by atoms with Gasteiger partial charge < -0.3 is 0 Å². The molecule has 0 spiro atoms.